The number of fused-ring (bicyclic) bond motifs is 1. The lowest BCUT2D eigenvalue weighted by Crippen LogP contribution is -2.36. The second-order valence-corrected chi connectivity index (χ2v) is 10.8. The molecule has 0 radical (unpaired) electrons. The van der Waals surface area contributed by atoms with Gasteiger partial charge < -0.3 is 4.74 Å². The molecule has 2 aliphatic carbocycles. The van der Waals surface area contributed by atoms with Crippen LogP contribution in [0.1, 0.15) is 57.6 Å². The summed E-state index contributed by atoms with van der Waals surface area (Å²) in [5, 5.41) is 0. The quantitative estimate of drug-likeness (QED) is 0.698. The van der Waals surface area contributed by atoms with Crippen LogP contribution in [0.5, 0.6) is 0 Å². The monoisotopic (exact) mass is 411 g/mol. The van der Waals surface area contributed by atoms with Gasteiger partial charge in [-0.05, 0) is 70.6 Å². The van der Waals surface area contributed by atoms with E-state index in [2.05, 4.69) is 34.1 Å². The van der Waals surface area contributed by atoms with E-state index in [1.165, 1.54) is 11.1 Å². The largest absolute Gasteiger partial charge is 0.381 e. The Kier molecular flexibility index (Phi) is 5.07. The van der Waals surface area contributed by atoms with Gasteiger partial charge in [-0.2, -0.15) is 4.40 Å². The average Bonchev–Trinajstić information content (AvgIpc) is 2.81. The number of halogens is 1. The van der Waals surface area contributed by atoms with Crippen LogP contribution in [0, 0.1) is 5.41 Å². The normalized spacial score (nSPS) is 29.9. The zero-order valence-corrected chi connectivity index (χ0v) is 17.3. The maximum absolute atomic E-state index is 12.7. The van der Waals surface area contributed by atoms with Crippen molar-refractivity contribution in [2.24, 2.45) is 9.81 Å². The molecule has 1 aromatic carbocycles. The van der Waals surface area contributed by atoms with Gasteiger partial charge in [-0.1, -0.05) is 22.0 Å². The Balaban J connectivity index is 2.04. The molecule has 0 bridgehead atoms. The molecule has 0 aliphatic heterocycles. The van der Waals surface area contributed by atoms with Gasteiger partial charge in [-0.15, -0.1) is 0 Å². The van der Waals surface area contributed by atoms with Crippen molar-refractivity contribution in [3.63, 3.8) is 0 Å². The van der Waals surface area contributed by atoms with Crippen molar-refractivity contribution < 1.29 is 8.95 Å². The average molecular weight is 412 g/mol. The summed E-state index contributed by atoms with van der Waals surface area (Å²) < 4.78 is 23.8. The molecule has 3 nitrogen and oxygen atoms in total. The summed E-state index contributed by atoms with van der Waals surface area (Å²) in [6.45, 7) is 5.95. The number of hydrogen-bond donors (Lipinski definition) is 0. The second kappa shape index (κ2) is 6.65. The summed E-state index contributed by atoms with van der Waals surface area (Å²) in [5.74, 6) is 0. The molecule has 1 spiro atoms. The minimum Gasteiger partial charge on any atom is -0.381 e. The summed E-state index contributed by atoms with van der Waals surface area (Å²) in [6.07, 6.45) is 5.56. The predicted molar refractivity (Wildman–Crippen MR) is 104 cm³/mol. The van der Waals surface area contributed by atoms with Crippen LogP contribution in [-0.4, -0.2) is 27.9 Å². The first-order valence-electron chi connectivity index (χ1n) is 8.58. The molecule has 5 heteroatoms. The lowest BCUT2D eigenvalue weighted by atomic mass is 9.70. The Labute approximate surface area is 156 Å². The van der Waals surface area contributed by atoms with Gasteiger partial charge in [0.25, 0.3) is 0 Å². The third-order valence-corrected chi connectivity index (χ3v) is 7.17. The topological polar surface area (TPSA) is 38.7 Å². The van der Waals surface area contributed by atoms with Crippen molar-refractivity contribution in [3.05, 3.63) is 33.8 Å². The van der Waals surface area contributed by atoms with E-state index in [-0.39, 0.29) is 10.2 Å². The SMILES string of the molecule is COC1CCC2(CC1)Cc1ccc(Br)cc1/C2=N/[S@@](=O)C(C)(C)C. The van der Waals surface area contributed by atoms with Crippen LogP contribution < -0.4 is 0 Å². The van der Waals surface area contributed by atoms with Crippen molar-refractivity contribution >= 4 is 32.6 Å². The Morgan fingerprint density at radius 1 is 1.29 bits per heavy atom. The number of nitrogens with zero attached hydrogens (tertiary/aromatic N) is 1. The molecule has 2 aliphatic rings. The second-order valence-electron chi connectivity index (χ2n) is 8.00. The Morgan fingerprint density at radius 2 is 1.96 bits per heavy atom. The molecule has 132 valence electrons. The van der Waals surface area contributed by atoms with Crippen molar-refractivity contribution in [3.8, 4) is 0 Å². The number of benzene rings is 1. The fourth-order valence-electron chi connectivity index (χ4n) is 3.82. The zero-order valence-electron chi connectivity index (χ0n) is 14.9. The Hall–Kier alpha value is -0.520. The van der Waals surface area contributed by atoms with E-state index in [9.17, 15) is 4.21 Å². The van der Waals surface area contributed by atoms with Gasteiger partial charge in [0.2, 0.25) is 0 Å². The highest BCUT2D eigenvalue weighted by Crippen LogP contribution is 2.49. The van der Waals surface area contributed by atoms with Gasteiger partial charge in [0.05, 0.1) is 16.6 Å². The molecule has 0 unspecified atom stereocenters. The van der Waals surface area contributed by atoms with Crippen LogP contribution in [0.2, 0.25) is 0 Å². The van der Waals surface area contributed by atoms with Crippen LogP contribution in [0.25, 0.3) is 0 Å². The molecule has 1 saturated carbocycles. The summed E-state index contributed by atoms with van der Waals surface area (Å²) in [5.41, 5.74) is 3.59. The van der Waals surface area contributed by atoms with E-state index in [4.69, 9.17) is 9.13 Å². The van der Waals surface area contributed by atoms with Crippen LogP contribution in [0.3, 0.4) is 0 Å². The van der Waals surface area contributed by atoms with Crippen LogP contribution in [0.4, 0.5) is 0 Å². The van der Waals surface area contributed by atoms with Crippen LogP contribution >= 0.6 is 15.9 Å². The molecular formula is C19H26BrNO2S. The molecular weight excluding hydrogens is 386 g/mol. The first kappa shape index (κ1) is 18.3. The first-order valence-corrected chi connectivity index (χ1v) is 10.5. The molecule has 0 heterocycles. The third-order valence-electron chi connectivity index (χ3n) is 5.28. The molecule has 1 fully saturated rings. The van der Waals surface area contributed by atoms with Gasteiger partial charge in [0, 0.05) is 22.6 Å². The predicted octanol–water partition coefficient (Wildman–Crippen LogP) is 4.83. The first-order chi connectivity index (χ1) is 11.2. The number of methoxy groups -OCH3 is 1. The van der Waals surface area contributed by atoms with E-state index < -0.39 is 11.0 Å². The van der Waals surface area contributed by atoms with Gasteiger partial charge in [0.15, 0.2) is 0 Å². The molecule has 0 N–H and O–H groups in total. The molecule has 0 amide bonds. The van der Waals surface area contributed by atoms with E-state index in [1.54, 1.807) is 7.11 Å². The molecule has 24 heavy (non-hydrogen) atoms. The maximum Gasteiger partial charge on any atom is 0.145 e. The maximum atomic E-state index is 12.7. The highest BCUT2D eigenvalue weighted by atomic mass is 79.9. The fourth-order valence-corrected chi connectivity index (χ4v) is 4.91. The van der Waals surface area contributed by atoms with Crippen molar-refractivity contribution in [1.82, 2.24) is 0 Å². The molecule has 0 aromatic heterocycles. The van der Waals surface area contributed by atoms with Crippen molar-refractivity contribution in [2.75, 3.05) is 7.11 Å². The summed E-state index contributed by atoms with van der Waals surface area (Å²) in [4.78, 5) is 0. The minimum atomic E-state index is -1.24. The lowest BCUT2D eigenvalue weighted by Gasteiger charge is -2.37. The minimum absolute atomic E-state index is 0.0269. The van der Waals surface area contributed by atoms with E-state index in [0.717, 1.165) is 42.3 Å². The van der Waals surface area contributed by atoms with Crippen LogP contribution in [0.15, 0.2) is 27.1 Å². The fraction of sp³-hybridized carbons (Fsp3) is 0.632. The van der Waals surface area contributed by atoms with Gasteiger partial charge in [-0.25, -0.2) is 4.21 Å². The Bertz CT molecular complexity index is 685. The summed E-state index contributed by atoms with van der Waals surface area (Å²) in [6, 6.07) is 6.42. The molecule has 0 saturated heterocycles. The van der Waals surface area contributed by atoms with Gasteiger partial charge in [0.1, 0.15) is 11.0 Å². The van der Waals surface area contributed by atoms with E-state index >= 15 is 0 Å². The lowest BCUT2D eigenvalue weighted by molar-refractivity contribution is 0.0468. The molecule has 3 rings (SSSR count). The van der Waals surface area contributed by atoms with Crippen LogP contribution in [-0.2, 0) is 22.1 Å². The van der Waals surface area contributed by atoms with Crippen molar-refractivity contribution in [1.29, 1.82) is 0 Å². The number of ether oxygens (including phenoxy) is 1. The van der Waals surface area contributed by atoms with E-state index in [0.29, 0.717) is 6.10 Å². The third kappa shape index (κ3) is 3.40. The zero-order chi connectivity index (χ0) is 17.5. The Morgan fingerprint density at radius 3 is 2.54 bits per heavy atom. The smallest absolute Gasteiger partial charge is 0.145 e. The highest BCUT2D eigenvalue weighted by molar-refractivity contribution is 9.10. The molecule has 1 aromatic rings. The van der Waals surface area contributed by atoms with Crippen molar-refractivity contribution in [2.45, 2.75) is 63.7 Å². The van der Waals surface area contributed by atoms with Gasteiger partial charge in [-0.3, -0.25) is 0 Å². The standard InChI is InChI=1S/C19H26BrNO2S/c1-18(2,3)24(22)21-17-16-11-14(20)6-5-13(16)12-19(17)9-7-15(23-4)8-10-19/h5-6,11,15H,7-10,12H2,1-4H3/b21-17-/t15?,19?,24-/m0/s1. The number of rotatable bonds is 2. The molecule has 1 atom stereocenters. The van der Waals surface area contributed by atoms with Gasteiger partial charge >= 0.3 is 0 Å². The van der Waals surface area contributed by atoms with E-state index in [1.807, 2.05) is 20.8 Å². The highest BCUT2D eigenvalue weighted by Gasteiger charge is 2.46. The summed E-state index contributed by atoms with van der Waals surface area (Å²) in [7, 11) is 0.561. The summed E-state index contributed by atoms with van der Waals surface area (Å²) >= 11 is 3.58. The number of hydrogen-bond acceptors (Lipinski definition) is 2.